The number of hydrogen-bond donors (Lipinski definition) is 1. The summed E-state index contributed by atoms with van der Waals surface area (Å²) in [6.45, 7) is 2.13. The van der Waals surface area contributed by atoms with E-state index in [0.29, 0.717) is 5.92 Å². The van der Waals surface area contributed by atoms with Crippen LogP contribution in [0.4, 0.5) is 0 Å². The van der Waals surface area contributed by atoms with E-state index in [-0.39, 0.29) is 0 Å². The lowest BCUT2D eigenvalue weighted by molar-refractivity contribution is 0.722. The van der Waals surface area contributed by atoms with Gasteiger partial charge in [0, 0.05) is 30.6 Å². The molecule has 0 aromatic carbocycles. The van der Waals surface area contributed by atoms with Crippen LogP contribution in [0.25, 0.3) is 5.82 Å². The van der Waals surface area contributed by atoms with Crippen LogP contribution in [0.5, 0.6) is 0 Å². The monoisotopic (exact) mass is 214 g/mol. The van der Waals surface area contributed by atoms with Crippen LogP contribution in [0.1, 0.15) is 18.0 Å². The first-order valence-corrected chi connectivity index (χ1v) is 5.61. The standard InChI is InChI=1S/C12H14N4/c1-3-11(10-5-7-13-9-10)15-12(4-1)16-8-2-6-14-16/h1-4,6,8,10,13H,5,7,9H2. The van der Waals surface area contributed by atoms with E-state index in [1.54, 1.807) is 10.9 Å². The van der Waals surface area contributed by atoms with Crippen molar-refractivity contribution in [3.05, 3.63) is 42.4 Å². The van der Waals surface area contributed by atoms with Crippen LogP contribution >= 0.6 is 0 Å². The molecule has 0 aliphatic carbocycles. The maximum atomic E-state index is 4.66. The van der Waals surface area contributed by atoms with E-state index in [1.165, 1.54) is 6.42 Å². The largest absolute Gasteiger partial charge is 0.316 e. The average molecular weight is 214 g/mol. The van der Waals surface area contributed by atoms with Gasteiger partial charge in [-0.05, 0) is 31.2 Å². The summed E-state index contributed by atoms with van der Waals surface area (Å²) < 4.78 is 1.80. The molecule has 1 N–H and O–H groups in total. The highest BCUT2D eigenvalue weighted by Gasteiger charge is 2.18. The fraction of sp³-hybridized carbons (Fsp3) is 0.333. The molecule has 3 rings (SSSR count). The Balaban J connectivity index is 1.93. The van der Waals surface area contributed by atoms with Gasteiger partial charge in [0.2, 0.25) is 0 Å². The summed E-state index contributed by atoms with van der Waals surface area (Å²) in [5.74, 6) is 1.45. The lowest BCUT2D eigenvalue weighted by atomic mass is 10.0. The Morgan fingerprint density at radius 1 is 1.31 bits per heavy atom. The zero-order valence-electron chi connectivity index (χ0n) is 9.00. The van der Waals surface area contributed by atoms with Crippen molar-refractivity contribution in [1.82, 2.24) is 20.1 Å². The van der Waals surface area contributed by atoms with Crippen LogP contribution in [-0.2, 0) is 0 Å². The van der Waals surface area contributed by atoms with Crippen molar-refractivity contribution in [2.45, 2.75) is 12.3 Å². The van der Waals surface area contributed by atoms with Gasteiger partial charge < -0.3 is 5.32 Å². The summed E-state index contributed by atoms with van der Waals surface area (Å²) in [5, 5.41) is 7.56. The first kappa shape index (κ1) is 9.54. The summed E-state index contributed by atoms with van der Waals surface area (Å²) in [7, 11) is 0. The van der Waals surface area contributed by atoms with Gasteiger partial charge in [0.1, 0.15) is 0 Å². The van der Waals surface area contributed by atoms with Gasteiger partial charge in [-0.25, -0.2) is 9.67 Å². The SMILES string of the molecule is c1cc(C2CCNC2)nc(-n2cccn2)c1. The topological polar surface area (TPSA) is 42.7 Å². The van der Waals surface area contributed by atoms with E-state index >= 15 is 0 Å². The van der Waals surface area contributed by atoms with Crippen LogP contribution in [0.3, 0.4) is 0 Å². The van der Waals surface area contributed by atoms with Crippen molar-refractivity contribution in [3.63, 3.8) is 0 Å². The molecule has 0 spiro atoms. The van der Waals surface area contributed by atoms with Crippen molar-refractivity contribution in [1.29, 1.82) is 0 Å². The molecule has 1 aliphatic rings. The molecule has 2 aromatic heterocycles. The molecule has 1 fully saturated rings. The Hall–Kier alpha value is -1.68. The van der Waals surface area contributed by atoms with Crippen molar-refractivity contribution in [2.24, 2.45) is 0 Å². The second kappa shape index (κ2) is 4.06. The number of nitrogens with one attached hydrogen (secondary N) is 1. The predicted octanol–water partition coefficient (Wildman–Crippen LogP) is 1.34. The van der Waals surface area contributed by atoms with Crippen LogP contribution < -0.4 is 5.32 Å². The molecule has 1 aliphatic heterocycles. The third-order valence-corrected chi connectivity index (χ3v) is 2.97. The zero-order chi connectivity index (χ0) is 10.8. The Bertz CT molecular complexity index is 458. The molecule has 16 heavy (non-hydrogen) atoms. The summed E-state index contributed by atoms with van der Waals surface area (Å²) in [6.07, 6.45) is 4.86. The third-order valence-electron chi connectivity index (χ3n) is 2.97. The van der Waals surface area contributed by atoms with Crippen LogP contribution in [-0.4, -0.2) is 27.9 Å². The van der Waals surface area contributed by atoms with Crippen molar-refractivity contribution >= 4 is 0 Å². The van der Waals surface area contributed by atoms with Gasteiger partial charge in [-0.3, -0.25) is 0 Å². The molecular weight excluding hydrogens is 200 g/mol. The minimum atomic E-state index is 0.551. The maximum absolute atomic E-state index is 4.66. The number of hydrogen-bond acceptors (Lipinski definition) is 3. The maximum Gasteiger partial charge on any atom is 0.153 e. The van der Waals surface area contributed by atoms with Crippen molar-refractivity contribution < 1.29 is 0 Å². The van der Waals surface area contributed by atoms with Gasteiger partial charge in [-0.1, -0.05) is 6.07 Å². The molecule has 1 unspecified atom stereocenters. The van der Waals surface area contributed by atoms with E-state index in [2.05, 4.69) is 27.5 Å². The average Bonchev–Trinajstić information content (AvgIpc) is 3.03. The molecule has 4 nitrogen and oxygen atoms in total. The van der Waals surface area contributed by atoms with Crippen molar-refractivity contribution in [3.8, 4) is 5.82 Å². The highest BCUT2D eigenvalue weighted by molar-refractivity contribution is 5.25. The molecule has 0 bridgehead atoms. The second-order valence-electron chi connectivity index (χ2n) is 4.06. The molecule has 0 radical (unpaired) electrons. The summed E-state index contributed by atoms with van der Waals surface area (Å²) in [6, 6.07) is 8.05. The number of rotatable bonds is 2. The van der Waals surface area contributed by atoms with Gasteiger partial charge in [-0.15, -0.1) is 0 Å². The van der Waals surface area contributed by atoms with Gasteiger partial charge in [-0.2, -0.15) is 5.10 Å². The highest BCUT2D eigenvalue weighted by Crippen LogP contribution is 2.20. The van der Waals surface area contributed by atoms with E-state index in [0.717, 1.165) is 24.6 Å². The van der Waals surface area contributed by atoms with Crippen molar-refractivity contribution in [2.75, 3.05) is 13.1 Å². The number of pyridine rings is 1. The molecule has 82 valence electrons. The smallest absolute Gasteiger partial charge is 0.153 e. The highest BCUT2D eigenvalue weighted by atomic mass is 15.3. The molecular formula is C12H14N4. The van der Waals surface area contributed by atoms with Gasteiger partial charge >= 0.3 is 0 Å². The Morgan fingerprint density at radius 2 is 2.31 bits per heavy atom. The number of aromatic nitrogens is 3. The molecule has 0 amide bonds. The normalized spacial score (nSPS) is 20.1. The fourth-order valence-corrected chi connectivity index (χ4v) is 2.11. The third kappa shape index (κ3) is 1.72. The quantitative estimate of drug-likeness (QED) is 0.820. The van der Waals surface area contributed by atoms with Gasteiger partial charge in [0.25, 0.3) is 0 Å². The lowest BCUT2D eigenvalue weighted by Crippen LogP contribution is -2.10. The van der Waals surface area contributed by atoms with Gasteiger partial charge in [0.05, 0.1) is 0 Å². The zero-order valence-corrected chi connectivity index (χ0v) is 9.00. The molecule has 4 heteroatoms. The van der Waals surface area contributed by atoms with E-state index in [1.807, 2.05) is 18.3 Å². The summed E-state index contributed by atoms with van der Waals surface area (Å²) >= 11 is 0. The lowest BCUT2D eigenvalue weighted by Gasteiger charge is -2.09. The molecule has 2 aromatic rings. The second-order valence-corrected chi connectivity index (χ2v) is 4.06. The predicted molar refractivity (Wildman–Crippen MR) is 61.6 cm³/mol. The van der Waals surface area contributed by atoms with Crippen LogP contribution in [0.2, 0.25) is 0 Å². The first-order chi connectivity index (χ1) is 7.93. The molecule has 3 heterocycles. The molecule has 1 atom stereocenters. The van der Waals surface area contributed by atoms with E-state index in [4.69, 9.17) is 0 Å². The molecule has 1 saturated heterocycles. The summed E-state index contributed by atoms with van der Waals surface area (Å²) in [4.78, 5) is 4.66. The molecule has 0 saturated carbocycles. The fourth-order valence-electron chi connectivity index (χ4n) is 2.11. The first-order valence-electron chi connectivity index (χ1n) is 5.61. The van der Waals surface area contributed by atoms with E-state index < -0.39 is 0 Å². The Kier molecular flexibility index (Phi) is 2.42. The Labute approximate surface area is 94.3 Å². The number of nitrogens with zero attached hydrogens (tertiary/aromatic N) is 3. The minimum Gasteiger partial charge on any atom is -0.316 e. The van der Waals surface area contributed by atoms with Crippen LogP contribution in [0, 0.1) is 0 Å². The minimum absolute atomic E-state index is 0.551. The van der Waals surface area contributed by atoms with Crippen LogP contribution in [0.15, 0.2) is 36.7 Å². The van der Waals surface area contributed by atoms with Gasteiger partial charge in [0.15, 0.2) is 5.82 Å². The Morgan fingerprint density at radius 3 is 3.06 bits per heavy atom. The summed E-state index contributed by atoms with van der Waals surface area (Å²) in [5.41, 5.74) is 1.16. The van der Waals surface area contributed by atoms with E-state index in [9.17, 15) is 0 Å².